The summed E-state index contributed by atoms with van der Waals surface area (Å²) in [5.41, 5.74) is 8.26. The third kappa shape index (κ3) is 2.59. The minimum atomic E-state index is -1.06. The Kier molecular flexibility index (Phi) is 3.95. The third-order valence-electron chi connectivity index (χ3n) is 3.25. The molecule has 0 amide bonds. The zero-order valence-corrected chi connectivity index (χ0v) is 12.4. The summed E-state index contributed by atoms with van der Waals surface area (Å²) in [6.07, 6.45) is 0.598. The topological polar surface area (TPSA) is 106 Å². The van der Waals surface area contributed by atoms with Gasteiger partial charge >= 0.3 is 5.97 Å². The molecular weight excluding hydrogens is 292 g/mol. The quantitative estimate of drug-likeness (QED) is 0.664. The second-order valence-electron chi connectivity index (χ2n) is 4.57. The average Bonchev–Trinajstić information content (AvgIpc) is 2.75. The van der Waals surface area contributed by atoms with Crippen molar-refractivity contribution in [2.45, 2.75) is 20.3 Å². The largest absolute Gasteiger partial charge is 0.477 e. The molecule has 21 heavy (non-hydrogen) atoms. The van der Waals surface area contributed by atoms with Gasteiger partial charge in [0.05, 0.1) is 10.6 Å². The van der Waals surface area contributed by atoms with Gasteiger partial charge in [0.2, 0.25) is 0 Å². The second kappa shape index (κ2) is 5.53. The van der Waals surface area contributed by atoms with Crippen LogP contribution in [0.1, 0.15) is 27.7 Å². The van der Waals surface area contributed by atoms with Crippen LogP contribution in [0, 0.1) is 17.0 Å². The van der Waals surface area contributed by atoms with Crippen molar-refractivity contribution in [3.8, 4) is 10.4 Å². The molecule has 2 aromatic rings. The highest BCUT2D eigenvalue weighted by atomic mass is 32.1. The van der Waals surface area contributed by atoms with E-state index in [4.69, 9.17) is 10.8 Å². The monoisotopic (exact) mass is 306 g/mol. The summed E-state index contributed by atoms with van der Waals surface area (Å²) < 4.78 is 0. The highest BCUT2D eigenvalue weighted by Gasteiger charge is 2.21. The van der Waals surface area contributed by atoms with E-state index in [1.807, 2.05) is 6.92 Å². The van der Waals surface area contributed by atoms with Crippen molar-refractivity contribution >= 4 is 28.7 Å². The van der Waals surface area contributed by atoms with E-state index in [0.29, 0.717) is 12.0 Å². The number of anilines is 1. The van der Waals surface area contributed by atoms with Gasteiger partial charge in [0.1, 0.15) is 4.88 Å². The highest BCUT2D eigenvalue weighted by Crippen LogP contribution is 2.40. The zero-order chi connectivity index (χ0) is 15.7. The van der Waals surface area contributed by atoms with Crippen molar-refractivity contribution in [2.24, 2.45) is 0 Å². The number of thiophene rings is 1. The number of carboxylic acids is 1. The van der Waals surface area contributed by atoms with E-state index >= 15 is 0 Å². The highest BCUT2D eigenvalue weighted by molar-refractivity contribution is 7.18. The van der Waals surface area contributed by atoms with Crippen molar-refractivity contribution in [3.05, 3.63) is 44.3 Å². The fourth-order valence-electron chi connectivity index (χ4n) is 2.22. The second-order valence-corrected chi connectivity index (χ2v) is 5.59. The van der Waals surface area contributed by atoms with Crippen LogP contribution in [0.3, 0.4) is 0 Å². The molecule has 6 nitrogen and oxygen atoms in total. The van der Waals surface area contributed by atoms with Crippen LogP contribution in [0.25, 0.3) is 10.4 Å². The molecule has 1 aromatic heterocycles. The van der Waals surface area contributed by atoms with Gasteiger partial charge in [-0.05, 0) is 36.6 Å². The Labute approximate surface area is 125 Å². The molecule has 2 rings (SSSR count). The molecule has 1 aromatic carbocycles. The molecular formula is C14H14N2O4S. The molecule has 0 saturated carbocycles. The normalized spacial score (nSPS) is 10.6. The number of nitrogens with zero attached hydrogens (tertiary/aromatic N) is 1. The number of nitro groups is 1. The lowest BCUT2D eigenvalue weighted by atomic mass is 10.0. The summed E-state index contributed by atoms with van der Waals surface area (Å²) in [6, 6.07) is 4.75. The average molecular weight is 306 g/mol. The van der Waals surface area contributed by atoms with Crippen LogP contribution in [-0.2, 0) is 6.42 Å². The number of nitrogens with two attached hydrogens (primary N) is 1. The van der Waals surface area contributed by atoms with E-state index < -0.39 is 10.9 Å². The SMILES string of the molecule is CCc1c(-c2ccc([N+](=O)[O-])c(C)c2)sc(C(=O)O)c1N. The predicted octanol–water partition coefficient (Wildman–Crippen LogP) is 3.47. The maximum Gasteiger partial charge on any atom is 0.348 e. The molecule has 0 unspecified atom stereocenters. The first-order valence-electron chi connectivity index (χ1n) is 6.26. The molecule has 7 heteroatoms. The van der Waals surface area contributed by atoms with E-state index in [2.05, 4.69) is 0 Å². The molecule has 0 fully saturated rings. The van der Waals surface area contributed by atoms with Crippen molar-refractivity contribution in [1.82, 2.24) is 0 Å². The number of carboxylic acid groups (broad SMARTS) is 1. The van der Waals surface area contributed by atoms with E-state index in [-0.39, 0.29) is 16.3 Å². The summed E-state index contributed by atoms with van der Waals surface area (Å²) in [6.45, 7) is 3.55. The number of carbonyl (C=O) groups is 1. The van der Waals surface area contributed by atoms with Gasteiger partial charge in [-0.25, -0.2) is 4.79 Å². The summed E-state index contributed by atoms with van der Waals surface area (Å²) in [4.78, 5) is 22.5. The number of hydrogen-bond acceptors (Lipinski definition) is 5. The van der Waals surface area contributed by atoms with Crippen LogP contribution in [0.4, 0.5) is 11.4 Å². The van der Waals surface area contributed by atoms with Crippen LogP contribution in [0.5, 0.6) is 0 Å². The van der Waals surface area contributed by atoms with Gasteiger partial charge in [-0.15, -0.1) is 11.3 Å². The van der Waals surface area contributed by atoms with Crippen molar-refractivity contribution in [2.75, 3.05) is 5.73 Å². The zero-order valence-electron chi connectivity index (χ0n) is 11.5. The number of aryl methyl sites for hydroxylation is 1. The Balaban J connectivity index is 2.62. The minimum Gasteiger partial charge on any atom is -0.477 e. The van der Waals surface area contributed by atoms with E-state index in [1.54, 1.807) is 19.1 Å². The summed E-state index contributed by atoms with van der Waals surface area (Å²) in [7, 11) is 0. The van der Waals surface area contributed by atoms with E-state index in [1.165, 1.54) is 6.07 Å². The third-order valence-corrected chi connectivity index (χ3v) is 4.54. The van der Waals surface area contributed by atoms with Gasteiger partial charge in [0, 0.05) is 16.5 Å². The van der Waals surface area contributed by atoms with Crippen LogP contribution < -0.4 is 5.73 Å². The molecule has 110 valence electrons. The summed E-state index contributed by atoms with van der Waals surface area (Å²) in [5.74, 6) is -1.06. The van der Waals surface area contributed by atoms with Gasteiger partial charge in [0.25, 0.3) is 5.69 Å². The van der Waals surface area contributed by atoms with E-state index in [0.717, 1.165) is 27.3 Å². The van der Waals surface area contributed by atoms with Gasteiger partial charge in [-0.1, -0.05) is 6.92 Å². The van der Waals surface area contributed by atoms with Crippen LogP contribution in [-0.4, -0.2) is 16.0 Å². The Morgan fingerprint density at radius 2 is 2.14 bits per heavy atom. The summed E-state index contributed by atoms with van der Waals surface area (Å²) in [5, 5.41) is 20.0. The van der Waals surface area contributed by atoms with Gasteiger partial charge in [-0.2, -0.15) is 0 Å². The molecule has 0 radical (unpaired) electrons. The number of benzene rings is 1. The Morgan fingerprint density at radius 1 is 1.48 bits per heavy atom. The predicted molar refractivity (Wildman–Crippen MR) is 81.9 cm³/mol. The summed E-state index contributed by atoms with van der Waals surface area (Å²) >= 11 is 1.10. The standard InChI is InChI=1S/C14H14N2O4S/c1-3-9-11(15)13(14(17)18)21-12(9)8-4-5-10(16(19)20)7(2)6-8/h4-6H,3,15H2,1-2H3,(H,17,18). The lowest BCUT2D eigenvalue weighted by Gasteiger charge is -2.04. The molecule has 0 aliphatic carbocycles. The van der Waals surface area contributed by atoms with Crippen molar-refractivity contribution < 1.29 is 14.8 Å². The molecule has 0 spiro atoms. The van der Waals surface area contributed by atoms with Crippen molar-refractivity contribution in [3.63, 3.8) is 0 Å². The molecule has 0 bridgehead atoms. The smallest absolute Gasteiger partial charge is 0.348 e. The fourth-order valence-corrected chi connectivity index (χ4v) is 3.37. The maximum atomic E-state index is 11.2. The number of nitro benzene ring substituents is 1. The number of aromatic carboxylic acids is 1. The maximum absolute atomic E-state index is 11.2. The first kappa shape index (κ1) is 15.0. The Bertz CT molecular complexity index is 737. The van der Waals surface area contributed by atoms with E-state index in [9.17, 15) is 14.9 Å². The first-order valence-corrected chi connectivity index (χ1v) is 7.08. The van der Waals surface area contributed by atoms with Crippen LogP contribution >= 0.6 is 11.3 Å². The van der Waals surface area contributed by atoms with Crippen LogP contribution in [0.2, 0.25) is 0 Å². The molecule has 0 aliphatic rings. The van der Waals surface area contributed by atoms with Gasteiger partial charge in [0.15, 0.2) is 0 Å². The molecule has 3 N–H and O–H groups in total. The van der Waals surface area contributed by atoms with Gasteiger partial charge in [-0.3, -0.25) is 10.1 Å². The lowest BCUT2D eigenvalue weighted by molar-refractivity contribution is -0.385. The molecule has 0 saturated heterocycles. The molecule has 0 atom stereocenters. The number of hydrogen-bond donors (Lipinski definition) is 2. The van der Waals surface area contributed by atoms with Crippen molar-refractivity contribution in [1.29, 1.82) is 0 Å². The van der Waals surface area contributed by atoms with Gasteiger partial charge < -0.3 is 10.8 Å². The number of rotatable bonds is 4. The van der Waals surface area contributed by atoms with Crippen LogP contribution in [0.15, 0.2) is 18.2 Å². The number of nitrogen functional groups attached to an aromatic ring is 1. The Hall–Kier alpha value is -2.41. The minimum absolute atomic E-state index is 0.0415. The first-order chi connectivity index (χ1) is 9.86. The fraction of sp³-hybridized carbons (Fsp3) is 0.214. The molecule has 0 aliphatic heterocycles. The molecule has 1 heterocycles. The lowest BCUT2D eigenvalue weighted by Crippen LogP contribution is -1.99. The Morgan fingerprint density at radius 3 is 2.62 bits per heavy atom.